The van der Waals surface area contributed by atoms with E-state index in [0.717, 1.165) is 33.7 Å². The molecule has 8 nitrogen and oxygen atoms in total. The fraction of sp³-hybridized carbons (Fsp3) is 0.333. The van der Waals surface area contributed by atoms with Crippen LogP contribution in [0.3, 0.4) is 0 Å². The molecule has 1 aromatic heterocycles. The molecule has 29 heavy (non-hydrogen) atoms. The molecule has 0 saturated carbocycles. The molecule has 1 heterocycles. The lowest BCUT2D eigenvalue weighted by Gasteiger charge is -2.15. The molecular weight excluding hydrogens is 370 g/mol. The topological polar surface area (TPSA) is 83.5 Å². The highest BCUT2D eigenvalue weighted by molar-refractivity contribution is 5.98. The van der Waals surface area contributed by atoms with Gasteiger partial charge in [-0.05, 0) is 61.4 Å². The Morgan fingerprint density at radius 1 is 1.14 bits per heavy atom. The average Bonchev–Trinajstić information content (AvgIpc) is 3.04. The van der Waals surface area contributed by atoms with E-state index in [2.05, 4.69) is 15.6 Å². The lowest BCUT2D eigenvalue weighted by atomic mass is 10.1. The Morgan fingerprint density at radius 2 is 1.93 bits per heavy atom. The van der Waals surface area contributed by atoms with Crippen LogP contribution in [-0.4, -0.2) is 32.1 Å². The summed E-state index contributed by atoms with van der Waals surface area (Å²) in [5, 5.41) is 11.8. The van der Waals surface area contributed by atoms with Crippen molar-refractivity contribution < 1.29 is 9.57 Å². The molecule has 0 saturated heterocycles. The third-order valence-corrected chi connectivity index (χ3v) is 4.64. The van der Waals surface area contributed by atoms with Crippen LogP contribution in [0.25, 0.3) is 5.69 Å². The van der Waals surface area contributed by atoms with E-state index in [4.69, 9.17) is 9.57 Å². The average molecular weight is 395 g/mol. The summed E-state index contributed by atoms with van der Waals surface area (Å²) in [7, 11) is 1.57. The number of rotatable bonds is 7. The van der Waals surface area contributed by atoms with Gasteiger partial charge in [0.2, 0.25) is 0 Å². The molecule has 0 unspecified atom stereocenters. The van der Waals surface area contributed by atoms with Gasteiger partial charge in [0.1, 0.15) is 19.0 Å². The normalized spacial score (nSPS) is 11.6. The van der Waals surface area contributed by atoms with Gasteiger partial charge in [-0.1, -0.05) is 29.4 Å². The van der Waals surface area contributed by atoms with Crippen LogP contribution in [0.5, 0.6) is 5.75 Å². The van der Waals surface area contributed by atoms with Crippen LogP contribution >= 0.6 is 0 Å². The van der Waals surface area contributed by atoms with Gasteiger partial charge in [0, 0.05) is 18.2 Å². The Hall–Kier alpha value is -3.42. The first kappa shape index (κ1) is 20.3. The molecule has 152 valence electrons. The standard InChI is InChI=1S/C21H25N5O3/c1-6-29-22-16(4)17-11-10-15(3)20(12-17)28-13-18-14(2)8-7-9-19(18)26-21(27)25(5)23-24-26/h7-12H,6,13H2,1-5H3. The smallest absolute Gasteiger partial charge is 0.368 e. The Balaban J connectivity index is 1.91. The number of benzene rings is 2. The molecule has 0 atom stereocenters. The summed E-state index contributed by atoms with van der Waals surface area (Å²) in [6.07, 6.45) is 0. The van der Waals surface area contributed by atoms with Gasteiger partial charge < -0.3 is 9.57 Å². The van der Waals surface area contributed by atoms with Crippen molar-refractivity contribution in [3.8, 4) is 11.4 Å². The van der Waals surface area contributed by atoms with Crippen molar-refractivity contribution in [3.63, 3.8) is 0 Å². The Bertz CT molecular complexity index is 1100. The van der Waals surface area contributed by atoms with Gasteiger partial charge in [-0.25, -0.2) is 4.79 Å². The highest BCUT2D eigenvalue weighted by Gasteiger charge is 2.14. The van der Waals surface area contributed by atoms with Gasteiger partial charge in [0.05, 0.1) is 11.4 Å². The van der Waals surface area contributed by atoms with Crippen molar-refractivity contribution in [1.82, 2.24) is 19.8 Å². The Labute approximate surface area is 169 Å². The lowest BCUT2D eigenvalue weighted by molar-refractivity contribution is 0.159. The van der Waals surface area contributed by atoms with E-state index in [-0.39, 0.29) is 12.3 Å². The molecule has 0 aliphatic heterocycles. The summed E-state index contributed by atoms with van der Waals surface area (Å²) in [5.41, 5.74) is 4.93. The Morgan fingerprint density at radius 3 is 2.62 bits per heavy atom. The second kappa shape index (κ2) is 8.72. The highest BCUT2D eigenvalue weighted by atomic mass is 16.6. The van der Waals surface area contributed by atoms with Crippen molar-refractivity contribution in [2.24, 2.45) is 12.2 Å². The van der Waals surface area contributed by atoms with Crippen LogP contribution in [0.15, 0.2) is 46.3 Å². The van der Waals surface area contributed by atoms with Crippen molar-refractivity contribution in [1.29, 1.82) is 0 Å². The maximum absolute atomic E-state index is 12.3. The van der Waals surface area contributed by atoms with Gasteiger partial charge >= 0.3 is 5.69 Å². The number of nitrogens with zero attached hydrogens (tertiary/aromatic N) is 5. The third kappa shape index (κ3) is 4.37. The van der Waals surface area contributed by atoms with Crippen molar-refractivity contribution in [3.05, 3.63) is 69.1 Å². The minimum atomic E-state index is -0.308. The fourth-order valence-electron chi connectivity index (χ4n) is 2.88. The van der Waals surface area contributed by atoms with Gasteiger partial charge in [-0.2, -0.15) is 9.36 Å². The van der Waals surface area contributed by atoms with Crippen LogP contribution in [0.4, 0.5) is 0 Å². The summed E-state index contributed by atoms with van der Waals surface area (Å²) in [6.45, 7) is 8.56. The molecule has 0 radical (unpaired) electrons. The molecule has 3 aromatic rings. The van der Waals surface area contributed by atoms with Crippen molar-refractivity contribution in [2.75, 3.05) is 6.61 Å². The predicted octanol–water partition coefficient (Wildman–Crippen LogP) is 2.92. The molecular formula is C21H25N5O3. The largest absolute Gasteiger partial charge is 0.489 e. The molecule has 0 aliphatic rings. The number of oxime groups is 1. The lowest BCUT2D eigenvalue weighted by Crippen LogP contribution is -2.23. The molecule has 0 bridgehead atoms. The van der Waals surface area contributed by atoms with Crippen LogP contribution in [0.2, 0.25) is 0 Å². The number of ether oxygens (including phenoxy) is 1. The van der Waals surface area contributed by atoms with E-state index < -0.39 is 0 Å². The van der Waals surface area contributed by atoms with E-state index >= 15 is 0 Å². The first-order chi connectivity index (χ1) is 13.9. The first-order valence-electron chi connectivity index (χ1n) is 9.40. The van der Waals surface area contributed by atoms with Crippen LogP contribution in [-0.2, 0) is 18.5 Å². The van der Waals surface area contributed by atoms with Gasteiger partial charge in [0.25, 0.3) is 0 Å². The number of hydrogen-bond acceptors (Lipinski definition) is 6. The van der Waals surface area contributed by atoms with Gasteiger partial charge in [0.15, 0.2) is 0 Å². The monoisotopic (exact) mass is 395 g/mol. The van der Waals surface area contributed by atoms with E-state index in [1.165, 1.54) is 9.36 Å². The van der Waals surface area contributed by atoms with E-state index in [9.17, 15) is 4.79 Å². The number of tetrazole rings is 1. The second-order valence-electron chi connectivity index (χ2n) is 6.73. The summed E-state index contributed by atoms with van der Waals surface area (Å²) < 4.78 is 8.62. The zero-order valence-corrected chi connectivity index (χ0v) is 17.3. The van der Waals surface area contributed by atoms with E-state index in [0.29, 0.717) is 12.3 Å². The van der Waals surface area contributed by atoms with Crippen LogP contribution in [0.1, 0.15) is 36.1 Å². The van der Waals surface area contributed by atoms with Crippen LogP contribution in [0, 0.1) is 13.8 Å². The Kier molecular flexibility index (Phi) is 6.11. The minimum absolute atomic E-state index is 0.289. The predicted molar refractivity (Wildman–Crippen MR) is 111 cm³/mol. The molecule has 0 spiro atoms. The SMILES string of the molecule is CCON=C(C)c1ccc(C)c(OCc2c(C)cccc2-n2nnn(C)c2=O)c1. The molecule has 8 heteroatoms. The molecule has 0 fully saturated rings. The molecule has 2 aromatic carbocycles. The van der Waals surface area contributed by atoms with E-state index in [1.807, 2.05) is 64.1 Å². The number of aryl methyl sites for hydroxylation is 3. The zero-order valence-electron chi connectivity index (χ0n) is 17.3. The maximum Gasteiger partial charge on any atom is 0.368 e. The zero-order chi connectivity index (χ0) is 21.0. The maximum atomic E-state index is 12.3. The minimum Gasteiger partial charge on any atom is -0.489 e. The second-order valence-corrected chi connectivity index (χ2v) is 6.73. The highest BCUT2D eigenvalue weighted by Crippen LogP contribution is 2.24. The van der Waals surface area contributed by atoms with E-state index in [1.54, 1.807) is 7.05 Å². The number of aromatic nitrogens is 4. The molecule has 3 rings (SSSR count). The van der Waals surface area contributed by atoms with Crippen molar-refractivity contribution in [2.45, 2.75) is 34.3 Å². The molecule has 0 N–H and O–H groups in total. The quantitative estimate of drug-likeness (QED) is 0.454. The molecule has 0 amide bonds. The van der Waals surface area contributed by atoms with Gasteiger partial charge in [-0.15, -0.1) is 0 Å². The van der Waals surface area contributed by atoms with Gasteiger partial charge in [-0.3, -0.25) is 0 Å². The fourth-order valence-corrected chi connectivity index (χ4v) is 2.88. The third-order valence-electron chi connectivity index (χ3n) is 4.64. The first-order valence-corrected chi connectivity index (χ1v) is 9.40. The summed E-state index contributed by atoms with van der Waals surface area (Å²) in [5.74, 6) is 0.745. The summed E-state index contributed by atoms with van der Waals surface area (Å²) in [4.78, 5) is 17.4. The van der Waals surface area contributed by atoms with Crippen LogP contribution < -0.4 is 10.4 Å². The number of hydrogen-bond donors (Lipinski definition) is 0. The summed E-state index contributed by atoms with van der Waals surface area (Å²) in [6, 6.07) is 11.6. The van der Waals surface area contributed by atoms with Crippen molar-refractivity contribution >= 4 is 5.71 Å². The summed E-state index contributed by atoms with van der Waals surface area (Å²) >= 11 is 0. The molecule has 0 aliphatic carbocycles.